The fraction of sp³-hybridized carbons (Fsp3) is 0.176. The SMILES string of the molecule is NSc1ccc(CNC(=O)c2ccc(NC(=O)c3ccc(CN(C(=O)c4ccc5c(c4)OCC(=O)N5)C4CC4)cc3)cc2)cc1. The Morgan fingerprint density at radius 1 is 0.844 bits per heavy atom. The van der Waals surface area contributed by atoms with Crippen LogP contribution in [0, 0.1) is 0 Å². The van der Waals surface area contributed by atoms with Gasteiger partial charge < -0.3 is 25.6 Å². The highest BCUT2D eigenvalue weighted by atomic mass is 32.2. The van der Waals surface area contributed by atoms with Crippen LogP contribution in [0.2, 0.25) is 0 Å². The molecule has 1 fully saturated rings. The first kappa shape index (κ1) is 29.9. The molecule has 1 aliphatic heterocycles. The molecule has 0 spiro atoms. The molecule has 0 radical (unpaired) electrons. The summed E-state index contributed by atoms with van der Waals surface area (Å²) in [6.07, 6.45) is 1.87. The van der Waals surface area contributed by atoms with Crippen molar-refractivity contribution in [3.63, 3.8) is 0 Å². The van der Waals surface area contributed by atoms with E-state index in [9.17, 15) is 19.2 Å². The summed E-state index contributed by atoms with van der Waals surface area (Å²) in [6.45, 7) is 0.714. The van der Waals surface area contributed by atoms with Crippen molar-refractivity contribution in [1.29, 1.82) is 0 Å². The number of amides is 4. The Labute approximate surface area is 264 Å². The maximum absolute atomic E-state index is 13.4. The Morgan fingerprint density at radius 3 is 2.18 bits per heavy atom. The molecule has 5 N–H and O–H groups in total. The summed E-state index contributed by atoms with van der Waals surface area (Å²) in [4.78, 5) is 53.3. The number of hydrogen-bond donors (Lipinski definition) is 4. The van der Waals surface area contributed by atoms with E-state index < -0.39 is 0 Å². The summed E-state index contributed by atoms with van der Waals surface area (Å²) >= 11 is 1.17. The van der Waals surface area contributed by atoms with E-state index in [1.54, 1.807) is 54.6 Å². The molecule has 0 atom stereocenters. The minimum Gasteiger partial charge on any atom is -0.482 e. The van der Waals surface area contributed by atoms with Gasteiger partial charge in [0.25, 0.3) is 23.6 Å². The zero-order valence-corrected chi connectivity index (χ0v) is 25.1. The Bertz CT molecular complexity index is 1740. The lowest BCUT2D eigenvalue weighted by Gasteiger charge is -2.24. The van der Waals surface area contributed by atoms with Crippen molar-refractivity contribution in [3.05, 3.63) is 119 Å². The second kappa shape index (κ2) is 13.2. The topological polar surface area (TPSA) is 143 Å². The monoisotopic (exact) mass is 621 g/mol. The smallest absolute Gasteiger partial charge is 0.262 e. The molecule has 45 heavy (non-hydrogen) atoms. The van der Waals surface area contributed by atoms with Gasteiger partial charge in [0.05, 0.1) is 5.69 Å². The van der Waals surface area contributed by atoms with Gasteiger partial charge in [-0.15, -0.1) is 0 Å². The van der Waals surface area contributed by atoms with Gasteiger partial charge in [-0.05, 0) is 103 Å². The quantitative estimate of drug-likeness (QED) is 0.183. The van der Waals surface area contributed by atoms with Crippen LogP contribution in [0.3, 0.4) is 0 Å². The zero-order valence-electron chi connectivity index (χ0n) is 24.2. The molecule has 4 amide bonds. The molecule has 1 saturated carbocycles. The number of nitrogens with one attached hydrogen (secondary N) is 3. The van der Waals surface area contributed by atoms with E-state index in [0.29, 0.717) is 46.9 Å². The van der Waals surface area contributed by atoms with Crippen molar-refractivity contribution in [3.8, 4) is 5.75 Å². The maximum atomic E-state index is 13.4. The Morgan fingerprint density at radius 2 is 1.49 bits per heavy atom. The molecule has 2 aliphatic rings. The van der Waals surface area contributed by atoms with Gasteiger partial charge in [-0.3, -0.25) is 24.3 Å². The number of carbonyl (C=O) groups is 4. The molecule has 1 heterocycles. The molecular weight excluding hydrogens is 590 g/mol. The van der Waals surface area contributed by atoms with Crippen molar-refractivity contribution in [1.82, 2.24) is 10.2 Å². The van der Waals surface area contributed by atoms with E-state index in [2.05, 4.69) is 16.0 Å². The average Bonchev–Trinajstić information content (AvgIpc) is 3.92. The van der Waals surface area contributed by atoms with Gasteiger partial charge in [-0.1, -0.05) is 24.3 Å². The van der Waals surface area contributed by atoms with Gasteiger partial charge in [0.1, 0.15) is 5.75 Å². The molecule has 4 aromatic carbocycles. The highest BCUT2D eigenvalue weighted by Crippen LogP contribution is 2.33. The van der Waals surface area contributed by atoms with Crippen molar-refractivity contribution < 1.29 is 23.9 Å². The van der Waals surface area contributed by atoms with Crippen LogP contribution < -0.4 is 25.8 Å². The molecule has 0 bridgehead atoms. The fourth-order valence-electron chi connectivity index (χ4n) is 4.96. The predicted molar refractivity (Wildman–Crippen MR) is 172 cm³/mol. The van der Waals surface area contributed by atoms with Crippen LogP contribution in [0.25, 0.3) is 0 Å². The van der Waals surface area contributed by atoms with Gasteiger partial charge in [-0.25, -0.2) is 0 Å². The van der Waals surface area contributed by atoms with Crippen molar-refractivity contribution in [2.75, 3.05) is 17.2 Å². The standard InChI is InChI=1S/C34H31N5O5S/c35-45-28-14-3-21(4-15-28)18-36-32(41)23-7-10-26(11-8-23)37-33(42)24-5-1-22(2-6-24)19-39(27-12-13-27)34(43)25-9-16-29-30(17-25)44-20-31(40)38-29/h1-11,14-17,27H,12-13,18-20,35H2,(H,36,41)(H,37,42)(H,38,40). The van der Waals surface area contributed by atoms with Crippen LogP contribution in [-0.2, 0) is 17.9 Å². The van der Waals surface area contributed by atoms with E-state index in [-0.39, 0.29) is 36.3 Å². The number of anilines is 2. The average molecular weight is 622 g/mol. The number of ether oxygens (including phenoxy) is 1. The van der Waals surface area contributed by atoms with Crippen LogP contribution in [0.15, 0.2) is 95.9 Å². The van der Waals surface area contributed by atoms with E-state index in [0.717, 1.165) is 28.9 Å². The lowest BCUT2D eigenvalue weighted by Crippen LogP contribution is -2.33. The molecule has 0 aromatic heterocycles. The maximum Gasteiger partial charge on any atom is 0.262 e. The first-order valence-electron chi connectivity index (χ1n) is 14.5. The third-order valence-corrected chi connectivity index (χ3v) is 8.14. The van der Waals surface area contributed by atoms with Crippen LogP contribution in [0.5, 0.6) is 5.75 Å². The minimum atomic E-state index is -0.283. The van der Waals surface area contributed by atoms with Crippen molar-refractivity contribution in [2.24, 2.45) is 5.14 Å². The van der Waals surface area contributed by atoms with Crippen LogP contribution in [0.1, 0.15) is 55.0 Å². The second-order valence-electron chi connectivity index (χ2n) is 10.9. The molecule has 4 aromatic rings. The summed E-state index contributed by atoms with van der Waals surface area (Å²) in [5.74, 6) is -0.353. The van der Waals surface area contributed by atoms with E-state index in [4.69, 9.17) is 9.88 Å². The van der Waals surface area contributed by atoms with Crippen molar-refractivity contribution >= 4 is 47.0 Å². The zero-order chi connectivity index (χ0) is 31.3. The predicted octanol–water partition coefficient (Wildman–Crippen LogP) is 4.97. The fourth-order valence-corrected chi connectivity index (χ4v) is 5.26. The summed E-state index contributed by atoms with van der Waals surface area (Å²) in [5, 5.41) is 14.0. The number of fused-ring (bicyclic) bond motifs is 1. The minimum absolute atomic E-state index is 0.0782. The molecule has 1 aliphatic carbocycles. The summed E-state index contributed by atoms with van der Waals surface area (Å²) in [6, 6.07) is 26.7. The summed E-state index contributed by atoms with van der Waals surface area (Å²) < 4.78 is 5.48. The van der Waals surface area contributed by atoms with Crippen LogP contribution >= 0.6 is 11.9 Å². The third kappa shape index (κ3) is 7.34. The molecule has 6 rings (SSSR count). The normalized spacial score (nSPS) is 13.6. The Balaban J connectivity index is 1.03. The summed E-state index contributed by atoms with van der Waals surface area (Å²) in [5.41, 5.74) is 4.43. The number of carbonyl (C=O) groups excluding carboxylic acids is 4. The van der Waals surface area contributed by atoms with Gasteiger partial charge >= 0.3 is 0 Å². The molecule has 10 nitrogen and oxygen atoms in total. The first-order chi connectivity index (χ1) is 21.9. The van der Waals surface area contributed by atoms with E-state index in [1.807, 2.05) is 41.3 Å². The highest BCUT2D eigenvalue weighted by Gasteiger charge is 2.33. The lowest BCUT2D eigenvalue weighted by atomic mass is 10.1. The molecule has 0 unspecified atom stereocenters. The number of nitrogens with zero attached hydrogens (tertiary/aromatic N) is 1. The molecule has 0 saturated heterocycles. The number of benzene rings is 4. The van der Waals surface area contributed by atoms with Gasteiger partial charge in [0.15, 0.2) is 6.61 Å². The molecule has 228 valence electrons. The third-order valence-electron chi connectivity index (χ3n) is 7.60. The van der Waals surface area contributed by atoms with E-state index in [1.165, 1.54) is 11.9 Å². The lowest BCUT2D eigenvalue weighted by molar-refractivity contribution is -0.118. The highest BCUT2D eigenvalue weighted by molar-refractivity contribution is 7.97. The summed E-state index contributed by atoms with van der Waals surface area (Å²) in [7, 11) is 0. The van der Waals surface area contributed by atoms with Crippen molar-refractivity contribution in [2.45, 2.75) is 36.9 Å². The molecule has 11 heteroatoms. The number of nitrogens with two attached hydrogens (primary N) is 1. The van der Waals surface area contributed by atoms with E-state index >= 15 is 0 Å². The van der Waals surface area contributed by atoms with Gasteiger partial charge in [-0.2, -0.15) is 0 Å². The van der Waals surface area contributed by atoms with Crippen LogP contribution in [-0.4, -0.2) is 41.2 Å². The number of hydrogen-bond acceptors (Lipinski definition) is 7. The van der Waals surface area contributed by atoms with Gasteiger partial charge in [0.2, 0.25) is 0 Å². The Kier molecular flexibility index (Phi) is 8.81. The van der Waals surface area contributed by atoms with Crippen LogP contribution in [0.4, 0.5) is 11.4 Å². The largest absolute Gasteiger partial charge is 0.482 e. The second-order valence-corrected chi connectivity index (χ2v) is 11.6. The first-order valence-corrected chi connectivity index (χ1v) is 15.4. The number of rotatable bonds is 10. The Hall–Kier alpha value is -5.13. The van der Waals surface area contributed by atoms with Gasteiger partial charge in [0, 0.05) is 46.4 Å². The molecular formula is C34H31N5O5S.